The van der Waals surface area contributed by atoms with Gasteiger partial charge in [-0.15, -0.1) is 0 Å². The second-order valence-electron chi connectivity index (χ2n) is 7.93. The fraction of sp³-hybridized carbons (Fsp3) is 0.450. The van der Waals surface area contributed by atoms with Gasteiger partial charge in [-0.1, -0.05) is 25.9 Å². The van der Waals surface area contributed by atoms with Gasteiger partial charge in [-0.3, -0.25) is 18.7 Å². The highest BCUT2D eigenvalue weighted by Crippen LogP contribution is 2.59. The molecule has 0 unspecified atom stereocenters. The molecule has 0 saturated heterocycles. The van der Waals surface area contributed by atoms with Crippen LogP contribution in [0.15, 0.2) is 39.8 Å². The standard InChI is InChI=1S/C20H27FN2O5S/c1-6-19(2,3)16-11-15(28-23-16)18(25)22-12-17(24)20(4,5)29(26,27)14-9-7-13(21)8-10-14/h7-11,26-27H,6,12H2,1-5H3,(H,22,25). The molecule has 1 aromatic carbocycles. The summed E-state index contributed by atoms with van der Waals surface area (Å²) in [7, 11) is -3.59. The van der Waals surface area contributed by atoms with Crippen LogP contribution in [-0.4, -0.2) is 37.2 Å². The molecule has 1 heterocycles. The van der Waals surface area contributed by atoms with Gasteiger partial charge in [-0.05, 0) is 44.5 Å². The Morgan fingerprint density at radius 2 is 1.76 bits per heavy atom. The minimum Gasteiger partial charge on any atom is -0.351 e. The number of hydrogen-bond donors (Lipinski definition) is 3. The molecular weight excluding hydrogens is 399 g/mol. The molecule has 0 atom stereocenters. The number of carbonyl (C=O) groups excluding carboxylic acids is 2. The Balaban J connectivity index is 2.09. The summed E-state index contributed by atoms with van der Waals surface area (Å²) in [5.41, 5.74) is 0.369. The molecule has 0 spiro atoms. The lowest BCUT2D eigenvalue weighted by Crippen LogP contribution is -2.44. The van der Waals surface area contributed by atoms with E-state index in [0.29, 0.717) is 5.69 Å². The molecule has 1 aromatic heterocycles. The van der Waals surface area contributed by atoms with E-state index in [2.05, 4.69) is 10.5 Å². The van der Waals surface area contributed by atoms with Crippen LogP contribution in [-0.2, 0) is 10.2 Å². The number of ketones is 1. The summed E-state index contributed by atoms with van der Waals surface area (Å²) in [6, 6.07) is 6.16. The lowest BCUT2D eigenvalue weighted by molar-refractivity contribution is -0.120. The number of halogens is 1. The Labute approximate surface area is 171 Å². The number of aromatic nitrogens is 1. The van der Waals surface area contributed by atoms with Crippen LogP contribution in [0.3, 0.4) is 0 Å². The first-order valence-electron chi connectivity index (χ1n) is 9.15. The molecule has 2 aromatic rings. The van der Waals surface area contributed by atoms with Crippen LogP contribution in [0.1, 0.15) is 57.3 Å². The van der Waals surface area contributed by atoms with Crippen LogP contribution >= 0.6 is 10.6 Å². The Bertz CT molecular complexity index is 891. The number of amides is 1. The van der Waals surface area contributed by atoms with Crippen LogP contribution in [0.5, 0.6) is 0 Å². The zero-order valence-corrected chi connectivity index (χ0v) is 18.0. The smallest absolute Gasteiger partial charge is 0.290 e. The van der Waals surface area contributed by atoms with Crippen molar-refractivity contribution in [1.29, 1.82) is 0 Å². The van der Waals surface area contributed by atoms with Gasteiger partial charge in [-0.2, -0.15) is 10.6 Å². The van der Waals surface area contributed by atoms with Gasteiger partial charge in [0, 0.05) is 11.5 Å². The Morgan fingerprint density at radius 3 is 2.31 bits per heavy atom. The predicted octanol–water partition coefficient (Wildman–Crippen LogP) is 4.39. The zero-order chi connectivity index (χ0) is 22.0. The predicted molar refractivity (Wildman–Crippen MR) is 109 cm³/mol. The van der Waals surface area contributed by atoms with Crippen molar-refractivity contribution < 1.29 is 27.6 Å². The second kappa shape index (κ2) is 8.25. The van der Waals surface area contributed by atoms with Crippen molar-refractivity contribution in [2.45, 2.75) is 56.1 Å². The fourth-order valence-corrected chi connectivity index (χ4v) is 3.92. The Hall–Kier alpha value is -2.23. The quantitative estimate of drug-likeness (QED) is 0.577. The summed E-state index contributed by atoms with van der Waals surface area (Å²) < 4.78 is 37.9. The van der Waals surface area contributed by atoms with Gasteiger partial charge in [0.05, 0.1) is 17.1 Å². The zero-order valence-electron chi connectivity index (χ0n) is 17.2. The molecule has 0 bridgehead atoms. The van der Waals surface area contributed by atoms with E-state index in [4.69, 9.17) is 4.52 Å². The van der Waals surface area contributed by atoms with E-state index < -0.39 is 39.4 Å². The lowest BCUT2D eigenvalue weighted by Gasteiger charge is -2.45. The van der Waals surface area contributed by atoms with Gasteiger partial charge in [0.2, 0.25) is 5.76 Å². The maximum Gasteiger partial charge on any atom is 0.290 e. The van der Waals surface area contributed by atoms with Crippen LogP contribution in [0.25, 0.3) is 0 Å². The maximum absolute atomic E-state index is 13.1. The van der Waals surface area contributed by atoms with Gasteiger partial charge >= 0.3 is 0 Å². The van der Waals surface area contributed by atoms with Crippen molar-refractivity contribution in [3.05, 3.63) is 47.6 Å². The van der Waals surface area contributed by atoms with Crippen molar-refractivity contribution >= 4 is 22.3 Å². The monoisotopic (exact) mass is 426 g/mol. The van der Waals surface area contributed by atoms with E-state index in [1.807, 2.05) is 20.8 Å². The van der Waals surface area contributed by atoms with E-state index in [0.717, 1.165) is 18.6 Å². The number of Topliss-reactive ketones (excluding diaryl/α,β-unsaturated/α-hetero) is 1. The van der Waals surface area contributed by atoms with Crippen molar-refractivity contribution in [3.8, 4) is 0 Å². The Kier molecular flexibility index (Phi) is 6.56. The minimum absolute atomic E-state index is 0.0303. The van der Waals surface area contributed by atoms with E-state index >= 15 is 0 Å². The van der Waals surface area contributed by atoms with Gasteiger partial charge in [-0.25, -0.2) is 4.39 Å². The van der Waals surface area contributed by atoms with Gasteiger partial charge in [0.25, 0.3) is 5.91 Å². The molecule has 0 aliphatic heterocycles. The number of nitrogens with zero attached hydrogens (tertiary/aromatic N) is 1. The van der Waals surface area contributed by atoms with Crippen LogP contribution in [0.2, 0.25) is 0 Å². The number of benzene rings is 1. The molecule has 1 amide bonds. The topological polar surface area (TPSA) is 113 Å². The SMILES string of the molecule is CCC(C)(C)c1cc(C(=O)NCC(=O)C(C)(C)S(O)(O)c2ccc(F)cc2)on1. The van der Waals surface area contributed by atoms with E-state index in [9.17, 15) is 23.1 Å². The normalized spacial score (nSPS) is 13.2. The highest BCUT2D eigenvalue weighted by Gasteiger charge is 2.42. The first-order valence-corrected chi connectivity index (χ1v) is 10.7. The summed E-state index contributed by atoms with van der Waals surface area (Å²) in [4.78, 5) is 25.0. The average Bonchev–Trinajstić information content (AvgIpc) is 3.17. The number of rotatable bonds is 8. The molecule has 160 valence electrons. The molecule has 0 radical (unpaired) electrons. The largest absolute Gasteiger partial charge is 0.351 e. The van der Waals surface area contributed by atoms with E-state index in [1.54, 1.807) is 0 Å². The number of nitrogens with one attached hydrogen (secondary N) is 1. The highest BCUT2D eigenvalue weighted by atomic mass is 32.3. The molecular formula is C20H27FN2O5S. The molecule has 2 rings (SSSR count). The molecule has 9 heteroatoms. The molecule has 0 aliphatic rings. The van der Waals surface area contributed by atoms with Crippen LogP contribution < -0.4 is 5.32 Å². The first kappa shape index (κ1) is 23.1. The maximum atomic E-state index is 13.1. The van der Waals surface area contributed by atoms with Gasteiger partial charge in [0.1, 0.15) is 10.6 Å². The highest BCUT2D eigenvalue weighted by molar-refractivity contribution is 8.26. The molecule has 3 N–H and O–H groups in total. The lowest BCUT2D eigenvalue weighted by atomic mass is 9.86. The third-order valence-corrected chi connectivity index (χ3v) is 7.83. The van der Waals surface area contributed by atoms with E-state index in [-0.39, 0.29) is 16.1 Å². The summed E-state index contributed by atoms with van der Waals surface area (Å²) in [6.07, 6.45) is 0.800. The minimum atomic E-state index is -3.59. The summed E-state index contributed by atoms with van der Waals surface area (Å²) in [6.45, 7) is 8.25. The number of carbonyl (C=O) groups is 2. The average molecular weight is 427 g/mol. The molecule has 0 saturated carbocycles. The van der Waals surface area contributed by atoms with Crippen molar-refractivity contribution in [2.75, 3.05) is 6.54 Å². The molecule has 29 heavy (non-hydrogen) atoms. The van der Waals surface area contributed by atoms with Crippen molar-refractivity contribution in [2.24, 2.45) is 0 Å². The molecule has 7 nitrogen and oxygen atoms in total. The molecule has 0 fully saturated rings. The van der Waals surface area contributed by atoms with Crippen molar-refractivity contribution in [3.63, 3.8) is 0 Å². The summed E-state index contributed by atoms with van der Waals surface area (Å²) in [5.74, 6) is -1.78. The molecule has 0 aliphatic carbocycles. The fourth-order valence-electron chi connectivity index (χ4n) is 2.42. The van der Waals surface area contributed by atoms with Crippen LogP contribution in [0.4, 0.5) is 4.39 Å². The van der Waals surface area contributed by atoms with Gasteiger partial charge in [0.15, 0.2) is 5.78 Å². The van der Waals surface area contributed by atoms with Crippen molar-refractivity contribution in [1.82, 2.24) is 10.5 Å². The van der Waals surface area contributed by atoms with E-state index in [1.165, 1.54) is 32.0 Å². The van der Waals surface area contributed by atoms with Crippen LogP contribution in [0, 0.1) is 5.82 Å². The van der Waals surface area contributed by atoms with Gasteiger partial charge < -0.3 is 9.84 Å². The summed E-state index contributed by atoms with van der Waals surface area (Å²) in [5, 5.41) is 6.34. The summed E-state index contributed by atoms with van der Waals surface area (Å²) >= 11 is 0. The first-order chi connectivity index (χ1) is 13.3. The number of hydrogen-bond acceptors (Lipinski definition) is 6. The second-order valence-corrected chi connectivity index (χ2v) is 10.5. The Morgan fingerprint density at radius 1 is 1.17 bits per heavy atom. The third kappa shape index (κ3) is 4.68. The third-order valence-electron chi connectivity index (χ3n) is 5.25.